The molecule has 7 heteroatoms. The minimum Gasteiger partial charge on any atom is -0.383 e. The predicted octanol–water partition coefficient (Wildman–Crippen LogP) is -0.0113. The van der Waals surface area contributed by atoms with Gasteiger partial charge in [0.05, 0.1) is 12.4 Å². The fourth-order valence-electron chi connectivity index (χ4n) is 2.63. The van der Waals surface area contributed by atoms with Crippen molar-refractivity contribution in [3.63, 3.8) is 0 Å². The zero-order valence-corrected chi connectivity index (χ0v) is 13.6. The number of rotatable bonds is 6. The summed E-state index contributed by atoms with van der Waals surface area (Å²) in [5.41, 5.74) is 0. The van der Waals surface area contributed by atoms with Crippen molar-refractivity contribution >= 4 is 15.7 Å². The molecule has 6 nitrogen and oxygen atoms in total. The van der Waals surface area contributed by atoms with Gasteiger partial charge in [-0.2, -0.15) is 0 Å². The number of carbonyl (C=O) groups is 1. The topological polar surface area (TPSA) is 66.9 Å². The van der Waals surface area contributed by atoms with Crippen LogP contribution in [0, 0.1) is 0 Å². The molecule has 1 heterocycles. The normalized spacial score (nSPS) is 24.9. The summed E-state index contributed by atoms with van der Waals surface area (Å²) >= 11 is 0. The van der Waals surface area contributed by atoms with E-state index in [4.69, 9.17) is 4.74 Å². The van der Waals surface area contributed by atoms with Crippen molar-refractivity contribution in [2.45, 2.75) is 32.4 Å². The summed E-state index contributed by atoms with van der Waals surface area (Å²) in [4.78, 5) is 16.2. The van der Waals surface area contributed by atoms with E-state index in [2.05, 4.69) is 18.7 Å². The fraction of sp³-hybridized carbons (Fsp3) is 0.923. The maximum atomic E-state index is 12.1. The second-order valence-electron chi connectivity index (χ2n) is 5.61. The lowest BCUT2D eigenvalue weighted by Gasteiger charge is -2.44. The van der Waals surface area contributed by atoms with Crippen LogP contribution < -0.4 is 0 Å². The van der Waals surface area contributed by atoms with Crippen molar-refractivity contribution in [2.75, 3.05) is 45.4 Å². The maximum Gasteiger partial charge on any atom is 0.223 e. The minimum atomic E-state index is -3.08. The standard InChI is InChI=1S/C13H26N2O4S/c1-11-9-14(13(16)5-8-20(4,17)18)10-12(2)15(11)6-7-19-3/h11-12H,5-10H2,1-4H3. The Balaban J connectivity index is 2.53. The second-order valence-corrected chi connectivity index (χ2v) is 7.87. The highest BCUT2D eigenvalue weighted by Crippen LogP contribution is 2.16. The molecule has 2 unspecified atom stereocenters. The first kappa shape index (κ1) is 17.4. The molecule has 0 spiro atoms. The molecule has 20 heavy (non-hydrogen) atoms. The number of piperazine rings is 1. The summed E-state index contributed by atoms with van der Waals surface area (Å²) < 4.78 is 27.4. The molecule has 1 fully saturated rings. The van der Waals surface area contributed by atoms with Gasteiger partial charge in [0.1, 0.15) is 9.84 Å². The number of ether oxygens (including phenoxy) is 1. The molecule has 118 valence electrons. The van der Waals surface area contributed by atoms with Gasteiger partial charge in [-0.25, -0.2) is 8.42 Å². The molecule has 0 aliphatic carbocycles. The van der Waals surface area contributed by atoms with Crippen LogP contribution in [0.2, 0.25) is 0 Å². The molecule has 1 saturated heterocycles. The molecule has 1 aliphatic heterocycles. The smallest absolute Gasteiger partial charge is 0.223 e. The van der Waals surface area contributed by atoms with Gasteiger partial charge in [-0.3, -0.25) is 9.69 Å². The van der Waals surface area contributed by atoms with E-state index in [1.165, 1.54) is 0 Å². The summed E-state index contributed by atoms with van der Waals surface area (Å²) in [5, 5.41) is 0. The van der Waals surface area contributed by atoms with Crippen molar-refractivity contribution in [1.29, 1.82) is 0 Å². The number of hydrogen-bond acceptors (Lipinski definition) is 5. The molecule has 0 aromatic rings. The Hall–Kier alpha value is -0.660. The molecular formula is C13H26N2O4S. The van der Waals surface area contributed by atoms with Gasteiger partial charge < -0.3 is 9.64 Å². The largest absolute Gasteiger partial charge is 0.383 e. The van der Waals surface area contributed by atoms with Gasteiger partial charge in [0.2, 0.25) is 5.91 Å². The van der Waals surface area contributed by atoms with Crippen LogP contribution in [0.25, 0.3) is 0 Å². The van der Waals surface area contributed by atoms with Crippen molar-refractivity contribution < 1.29 is 17.9 Å². The summed E-state index contributed by atoms with van der Waals surface area (Å²) in [5.74, 6) is -0.140. The summed E-state index contributed by atoms with van der Waals surface area (Å²) in [6, 6.07) is 0.521. The van der Waals surface area contributed by atoms with Crippen LogP contribution in [0.1, 0.15) is 20.3 Å². The van der Waals surface area contributed by atoms with E-state index in [0.29, 0.717) is 19.7 Å². The highest BCUT2D eigenvalue weighted by molar-refractivity contribution is 7.90. The van der Waals surface area contributed by atoms with E-state index in [1.54, 1.807) is 12.0 Å². The van der Waals surface area contributed by atoms with E-state index >= 15 is 0 Å². The highest BCUT2D eigenvalue weighted by Gasteiger charge is 2.31. The first-order valence-electron chi connectivity index (χ1n) is 6.94. The van der Waals surface area contributed by atoms with Gasteiger partial charge in [-0.15, -0.1) is 0 Å². The molecule has 1 rings (SSSR count). The average molecular weight is 306 g/mol. The van der Waals surface area contributed by atoms with Crippen LogP contribution in [0.3, 0.4) is 0 Å². The third-order valence-corrected chi connectivity index (χ3v) is 4.64. The van der Waals surface area contributed by atoms with Crippen molar-refractivity contribution in [1.82, 2.24) is 9.80 Å². The number of hydrogen-bond donors (Lipinski definition) is 0. The van der Waals surface area contributed by atoms with Gasteiger partial charge in [-0.1, -0.05) is 0 Å². The lowest BCUT2D eigenvalue weighted by Crippen LogP contribution is -2.58. The molecule has 0 saturated carbocycles. The number of methoxy groups -OCH3 is 1. The Bertz CT molecular complexity index is 412. The summed E-state index contributed by atoms with van der Waals surface area (Å²) in [6.45, 7) is 7.00. The summed E-state index contributed by atoms with van der Waals surface area (Å²) in [6.07, 6.45) is 1.24. The van der Waals surface area contributed by atoms with Crippen molar-refractivity contribution in [3.05, 3.63) is 0 Å². The van der Waals surface area contributed by atoms with E-state index in [0.717, 1.165) is 12.8 Å². The molecule has 1 aliphatic rings. The van der Waals surface area contributed by atoms with Gasteiger partial charge in [0, 0.05) is 51.5 Å². The molecule has 0 radical (unpaired) electrons. The Morgan fingerprint density at radius 1 is 1.25 bits per heavy atom. The maximum absolute atomic E-state index is 12.1. The predicted molar refractivity (Wildman–Crippen MR) is 78.4 cm³/mol. The molecule has 0 aromatic heterocycles. The quantitative estimate of drug-likeness (QED) is 0.690. The first-order chi connectivity index (χ1) is 9.24. The first-order valence-corrected chi connectivity index (χ1v) is 9.01. The zero-order chi connectivity index (χ0) is 15.3. The second kappa shape index (κ2) is 7.38. The van der Waals surface area contributed by atoms with Crippen LogP contribution in [-0.2, 0) is 19.4 Å². The molecule has 0 bridgehead atoms. The molecule has 1 amide bonds. The van der Waals surface area contributed by atoms with E-state index in [-0.39, 0.29) is 30.2 Å². The average Bonchev–Trinajstić information content (AvgIpc) is 2.34. The van der Waals surface area contributed by atoms with E-state index < -0.39 is 9.84 Å². The monoisotopic (exact) mass is 306 g/mol. The number of amides is 1. The van der Waals surface area contributed by atoms with E-state index in [9.17, 15) is 13.2 Å². The van der Waals surface area contributed by atoms with Crippen LogP contribution in [0.5, 0.6) is 0 Å². The van der Waals surface area contributed by atoms with Gasteiger partial charge in [-0.05, 0) is 13.8 Å². The Kier molecular flexibility index (Phi) is 6.42. The number of nitrogens with zero attached hydrogens (tertiary/aromatic N) is 2. The molecule has 0 aromatic carbocycles. The van der Waals surface area contributed by atoms with Crippen LogP contribution >= 0.6 is 0 Å². The van der Waals surface area contributed by atoms with Crippen molar-refractivity contribution in [3.8, 4) is 0 Å². The Morgan fingerprint density at radius 3 is 2.25 bits per heavy atom. The fourth-order valence-corrected chi connectivity index (χ4v) is 3.17. The van der Waals surface area contributed by atoms with Gasteiger partial charge in [0.15, 0.2) is 0 Å². The minimum absolute atomic E-state index is 0.0690. The van der Waals surface area contributed by atoms with Crippen molar-refractivity contribution in [2.24, 2.45) is 0 Å². The van der Waals surface area contributed by atoms with Crippen LogP contribution in [-0.4, -0.2) is 81.6 Å². The summed E-state index contributed by atoms with van der Waals surface area (Å²) in [7, 11) is -1.40. The lowest BCUT2D eigenvalue weighted by atomic mass is 10.1. The van der Waals surface area contributed by atoms with Crippen LogP contribution in [0.4, 0.5) is 0 Å². The Labute approximate surface area is 122 Å². The van der Waals surface area contributed by atoms with Gasteiger partial charge >= 0.3 is 0 Å². The lowest BCUT2D eigenvalue weighted by molar-refractivity contribution is -0.135. The van der Waals surface area contributed by atoms with Crippen LogP contribution in [0.15, 0.2) is 0 Å². The molecule has 2 atom stereocenters. The number of carbonyl (C=O) groups excluding carboxylic acids is 1. The SMILES string of the molecule is COCCN1C(C)CN(C(=O)CCS(C)(=O)=O)CC1C. The highest BCUT2D eigenvalue weighted by atomic mass is 32.2. The third kappa shape index (κ3) is 5.38. The van der Waals surface area contributed by atoms with E-state index in [1.807, 2.05) is 0 Å². The zero-order valence-electron chi connectivity index (χ0n) is 12.8. The molecule has 0 N–H and O–H groups in total. The molecular weight excluding hydrogens is 280 g/mol. The third-order valence-electron chi connectivity index (χ3n) is 3.69. The number of sulfone groups is 1. The van der Waals surface area contributed by atoms with Gasteiger partial charge in [0.25, 0.3) is 0 Å². The Morgan fingerprint density at radius 2 is 1.80 bits per heavy atom.